The number of halogens is 1. The largest absolute Gasteiger partial charge is 0.493 e. The lowest BCUT2D eigenvalue weighted by atomic mass is 10.2. The first-order valence-electron chi connectivity index (χ1n) is 8.19. The molecule has 1 aromatic heterocycles. The number of nitrogens with one attached hydrogen (secondary N) is 1. The highest BCUT2D eigenvalue weighted by atomic mass is 127. The van der Waals surface area contributed by atoms with Crippen LogP contribution in [-0.2, 0) is 13.1 Å². The Balaban J connectivity index is 0.00000338. The van der Waals surface area contributed by atoms with Crippen molar-refractivity contribution >= 4 is 41.3 Å². The lowest BCUT2D eigenvalue weighted by Crippen LogP contribution is -2.38. The Morgan fingerprint density at radius 2 is 2.12 bits per heavy atom. The van der Waals surface area contributed by atoms with Crippen molar-refractivity contribution in [2.75, 3.05) is 27.8 Å². The first kappa shape index (κ1) is 22.5. The highest BCUT2D eigenvalue weighted by Gasteiger charge is 2.10. The molecule has 6 nitrogen and oxygen atoms in total. The zero-order chi connectivity index (χ0) is 18.2. The number of aromatic nitrogens is 1. The van der Waals surface area contributed by atoms with E-state index in [4.69, 9.17) is 9.47 Å². The Morgan fingerprint density at radius 3 is 2.69 bits per heavy atom. The summed E-state index contributed by atoms with van der Waals surface area (Å²) < 4.78 is 11.0. The summed E-state index contributed by atoms with van der Waals surface area (Å²) in [5, 5.41) is 6.53. The van der Waals surface area contributed by atoms with Crippen molar-refractivity contribution in [1.82, 2.24) is 15.2 Å². The fraction of sp³-hybridized carbons (Fsp3) is 0.444. The van der Waals surface area contributed by atoms with Crippen LogP contribution in [0.5, 0.6) is 11.5 Å². The van der Waals surface area contributed by atoms with E-state index in [2.05, 4.69) is 25.6 Å². The number of rotatable bonds is 7. The summed E-state index contributed by atoms with van der Waals surface area (Å²) in [5.74, 6) is 2.32. The number of methoxy groups -OCH3 is 1. The number of guanidine groups is 1. The quantitative estimate of drug-likeness (QED) is 0.365. The van der Waals surface area contributed by atoms with Gasteiger partial charge in [0.25, 0.3) is 0 Å². The molecule has 0 aliphatic rings. The van der Waals surface area contributed by atoms with E-state index in [9.17, 15) is 0 Å². The zero-order valence-corrected chi connectivity index (χ0v) is 19.1. The van der Waals surface area contributed by atoms with Crippen LogP contribution in [0, 0.1) is 6.92 Å². The molecule has 2 rings (SSSR count). The molecular weight excluding hydrogens is 463 g/mol. The molecule has 1 heterocycles. The number of benzene rings is 1. The fourth-order valence-electron chi connectivity index (χ4n) is 2.46. The van der Waals surface area contributed by atoms with Crippen LogP contribution in [0.15, 0.2) is 28.6 Å². The zero-order valence-electron chi connectivity index (χ0n) is 15.9. The molecule has 1 N–H and O–H groups in total. The minimum atomic E-state index is 0. The van der Waals surface area contributed by atoms with E-state index in [1.165, 1.54) is 0 Å². The average molecular weight is 490 g/mol. The molecular formula is C18H27IN4O2S. The van der Waals surface area contributed by atoms with Crippen LogP contribution < -0.4 is 14.8 Å². The van der Waals surface area contributed by atoms with Crippen molar-refractivity contribution in [2.45, 2.75) is 26.9 Å². The summed E-state index contributed by atoms with van der Waals surface area (Å²) in [6, 6.07) is 5.93. The SMILES string of the molecule is CCOc1cc(CNC(=NC)N(C)Cc2csc(C)n2)ccc1OC.I. The van der Waals surface area contributed by atoms with Crippen LogP contribution >= 0.6 is 35.3 Å². The van der Waals surface area contributed by atoms with E-state index in [-0.39, 0.29) is 24.0 Å². The second kappa shape index (κ2) is 11.2. The van der Waals surface area contributed by atoms with Crippen molar-refractivity contribution in [3.05, 3.63) is 39.8 Å². The van der Waals surface area contributed by atoms with Gasteiger partial charge in [-0.15, -0.1) is 35.3 Å². The summed E-state index contributed by atoms with van der Waals surface area (Å²) in [4.78, 5) is 10.9. The molecule has 0 saturated heterocycles. The topological polar surface area (TPSA) is 59.0 Å². The van der Waals surface area contributed by atoms with Gasteiger partial charge in [0.15, 0.2) is 17.5 Å². The molecule has 0 fully saturated rings. The smallest absolute Gasteiger partial charge is 0.194 e. The van der Waals surface area contributed by atoms with Gasteiger partial charge in [-0.05, 0) is 31.5 Å². The summed E-state index contributed by atoms with van der Waals surface area (Å²) in [5.41, 5.74) is 2.15. The molecule has 0 atom stereocenters. The fourth-order valence-corrected chi connectivity index (χ4v) is 3.07. The van der Waals surface area contributed by atoms with Crippen molar-refractivity contribution in [2.24, 2.45) is 4.99 Å². The normalized spacial score (nSPS) is 10.9. The van der Waals surface area contributed by atoms with Gasteiger partial charge in [-0.3, -0.25) is 4.99 Å². The summed E-state index contributed by atoms with van der Waals surface area (Å²) in [6.45, 7) is 5.95. The highest BCUT2D eigenvalue weighted by molar-refractivity contribution is 14.0. The predicted molar refractivity (Wildman–Crippen MR) is 118 cm³/mol. The standard InChI is InChI=1S/C18H26N4O2S.HI/c1-6-24-17-9-14(7-8-16(17)23-5)10-20-18(19-3)22(4)11-15-12-25-13(2)21-15;/h7-9,12H,6,10-11H2,1-5H3,(H,19,20);1H. The average Bonchev–Trinajstić information content (AvgIpc) is 3.01. The molecule has 144 valence electrons. The van der Waals surface area contributed by atoms with Gasteiger partial charge in [0.1, 0.15) is 0 Å². The lowest BCUT2D eigenvalue weighted by Gasteiger charge is -2.21. The number of hydrogen-bond donors (Lipinski definition) is 1. The first-order chi connectivity index (χ1) is 12.1. The third-order valence-electron chi connectivity index (χ3n) is 3.62. The van der Waals surface area contributed by atoms with Crippen molar-refractivity contribution in [3.8, 4) is 11.5 Å². The summed E-state index contributed by atoms with van der Waals surface area (Å²) in [6.07, 6.45) is 0. The molecule has 1 aromatic carbocycles. The molecule has 8 heteroatoms. The monoisotopic (exact) mass is 490 g/mol. The molecule has 0 aliphatic carbocycles. The Morgan fingerprint density at radius 1 is 1.35 bits per heavy atom. The van der Waals surface area contributed by atoms with E-state index >= 15 is 0 Å². The molecule has 0 aliphatic heterocycles. The second-order valence-corrected chi connectivity index (χ2v) is 6.60. The van der Waals surface area contributed by atoms with Gasteiger partial charge in [0.2, 0.25) is 0 Å². The van der Waals surface area contributed by atoms with Crippen LogP contribution in [-0.4, -0.2) is 43.7 Å². The van der Waals surface area contributed by atoms with Crippen LogP contribution in [0.1, 0.15) is 23.2 Å². The van der Waals surface area contributed by atoms with Crippen molar-refractivity contribution in [3.63, 3.8) is 0 Å². The molecule has 0 amide bonds. The maximum atomic E-state index is 5.63. The summed E-state index contributed by atoms with van der Waals surface area (Å²) >= 11 is 1.66. The number of hydrogen-bond acceptors (Lipinski definition) is 5. The summed E-state index contributed by atoms with van der Waals surface area (Å²) in [7, 11) is 5.43. The number of thiazole rings is 1. The number of aliphatic imine (C=N–C) groups is 1. The number of ether oxygens (including phenoxy) is 2. The Labute approximate surface area is 176 Å². The Hall–Kier alpha value is -1.55. The Bertz CT molecular complexity index is 721. The van der Waals surface area contributed by atoms with Crippen LogP contribution in [0.25, 0.3) is 0 Å². The maximum Gasteiger partial charge on any atom is 0.194 e. The van der Waals surface area contributed by atoms with E-state index in [1.807, 2.05) is 39.1 Å². The van der Waals surface area contributed by atoms with Gasteiger partial charge in [-0.2, -0.15) is 0 Å². The van der Waals surface area contributed by atoms with Crippen LogP contribution in [0.2, 0.25) is 0 Å². The molecule has 2 aromatic rings. The molecule has 0 saturated carbocycles. The third-order valence-corrected chi connectivity index (χ3v) is 4.44. The minimum absolute atomic E-state index is 0. The van der Waals surface area contributed by atoms with Gasteiger partial charge in [-0.1, -0.05) is 6.07 Å². The second-order valence-electron chi connectivity index (χ2n) is 5.53. The van der Waals surface area contributed by atoms with Gasteiger partial charge in [0, 0.05) is 26.0 Å². The van der Waals surface area contributed by atoms with Gasteiger partial charge >= 0.3 is 0 Å². The maximum absolute atomic E-state index is 5.63. The van der Waals surface area contributed by atoms with E-state index in [1.54, 1.807) is 25.5 Å². The van der Waals surface area contributed by atoms with Crippen molar-refractivity contribution < 1.29 is 9.47 Å². The Kier molecular flexibility index (Phi) is 9.71. The lowest BCUT2D eigenvalue weighted by molar-refractivity contribution is 0.310. The minimum Gasteiger partial charge on any atom is -0.493 e. The van der Waals surface area contributed by atoms with E-state index in [0.29, 0.717) is 13.2 Å². The molecule has 26 heavy (non-hydrogen) atoms. The van der Waals surface area contributed by atoms with Crippen LogP contribution in [0.3, 0.4) is 0 Å². The molecule has 0 spiro atoms. The van der Waals surface area contributed by atoms with E-state index in [0.717, 1.165) is 40.3 Å². The number of nitrogens with zero attached hydrogens (tertiary/aromatic N) is 3. The predicted octanol–water partition coefficient (Wildman–Crippen LogP) is 3.68. The number of aryl methyl sites for hydroxylation is 1. The third kappa shape index (κ3) is 6.31. The molecule has 0 unspecified atom stereocenters. The molecule has 0 radical (unpaired) electrons. The highest BCUT2D eigenvalue weighted by Crippen LogP contribution is 2.28. The van der Waals surface area contributed by atoms with Gasteiger partial charge in [-0.25, -0.2) is 4.98 Å². The van der Waals surface area contributed by atoms with E-state index < -0.39 is 0 Å². The van der Waals surface area contributed by atoms with Crippen molar-refractivity contribution in [1.29, 1.82) is 0 Å². The molecule has 0 bridgehead atoms. The van der Waals surface area contributed by atoms with Gasteiger partial charge in [0.05, 0.1) is 31.0 Å². The first-order valence-corrected chi connectivity index (χ1v) is 9.07. The van der Waals surface area contributed by atoms with Gasteiger partial charge < -0.3 is 19.7 Å². The van der Waals surface area contributed by atoms with Crippen LogP contribution in [0.4, 0.5) is 0 Å².